The maximum absolute atomic E-state index is 5.72. The Kier molecular flexibility index (Phi) is 3.23. The van der Waals surface area contributed by atoms with Gasteiger partial charge in [0, 0.05) is 12.5 Å². The molecule has 0 amide bonds. The van der Waals surface area contributed by atoms with Crippen LogP contribution in [0.5, 0.6) is 0 Å². The van der Waals surface area contributed by atoms with Gasteiger partial charge in [-0.2, -0.15) is 5.10 Å². The summed E-state index contributed by atoms with van der Waals surface area (Å²) in [5.74, 6) is 1.41. The van der Waals surface area contributed by atoms with Crippen LogP contribution in [0.15, 0.2) is 40.0 Å². The highest BCUT2D eigenvalue weighted by molar-refractivity contribution is 5.80. The maximum atomic E-state index is 5.72. The standard InChI is InChI=1S/C14H14N6O/c1-9-8-20(14(15)17-9)16-7-11-3-5-12(6-4-11)13-19-18-10(2)21-13/h3-8H,1-2H3,(H2,15,17). The van der Waals surface area contributed by atoms with E-state index in [0.717, 1.165) is 16.8 Å². The third-order valence-electron chi connectivity index (χ3n) is 2.85. The summed E-state index contributed by atoms with van der Waals surface area (Å²) < 4.78 is 6.90. The molecule has 0 saturated carbocycles. The maximum Gasteiger partial charge on any atom is 0.247 e. The second-order valence-corrected chi connectivity index (χ2v) is 4.58. The van der Waals surface area contributed by atoms with E-state index < -0.39 is 0 Å². The van der Waals surface area contributed by atoms with Crippen LogP contribution < -0.4 is 5.73 Å². The second kappa shape index (κ2) is 5.20. The van der Waals surface area contributed by atoms with Gasteiger partial charge in [-0.25, -0.2) is 9.66 Å². The number of anilines is 1. The zero-order chi connectivity index (χ0) is 14.8. The lowest BCUT2D eigenvalue weighted by Gasteiger charge is -1.97. The molecule has 0 atom stereocenters. The van der Waals surface area contributed by atoms with Crippen molar-refractivity contribution in [3.8, 4) is 11.5 Å². The van der Waals surface area contributed by atoms with Crippen LogP contribution in [0.1, 0.15) is 17.1 Å². The fourth-order valence-corrected chi connectivity index (χ4v) is 1.85. The lowest BCUT2D eigenvalue weighted by atomic mass is 10.1. The summed E-state index contributed by atoms with van der Waals surface area (Å²) in [6.07, 6.45) is 3.47. The lowest BCUT2D eigenvalue weighted by molar-refractivity contribution is 0.533. The Hall–Kier alpha value is -2.96. The average Bonchev–Trinajstić information content (AvgIpc) is 3.03. The number of aryl methyl sites for hydroxylation is 2. The number of imidazole rings is 1. The third kappa shape index (κ3) is 2.81. The van der Waals surface area contributed by atoms with Gasteiger partial charge in [-0.15, -0.1) is 10.2 Å². The number of nitrogens with two attached hydrogens (primary N) is 1. The molecule has 7 nitrogen and oxygen atoms in total. The molecule has 0 aliphatic heterocycles. The summed E-state index contributed by atoms with van der Waals surface area (Å²) in [7, 11) is 0. The highest BCUT2D eigenvalue weighted by Crippen LogP contribution is 2.17. The van der Waals surface area contributed by atoms with Gasteiger partial charge >= 0.3 is 0 Å². The molecule has 2 heterocycles. The normalized spacial score (nSPS) is 11.3. The molecule has 7 heteroatoms. The Balaban J connectivity index is 1.80. The summed E-state index contributed by atoms with van der Waals surface area (Å²) in [6, 6.07) is 7.63. The first-order valence-electron chi connectivity index (χ1n) is 6.38. The van der Waals surface area contributed by atoms with Gasteiger partial charge in [0.05, 0.1) is 18.1 Å². The molecule has 0 radical (unpaired) electrons. The molecule has 3 rings (SSSR count). The number of hydrogen-bond acceptors (Lipinski definition) is 6. The Bertz CT molecular complexity index is 784. The third-order valence-corrected chi connectivity index (χ3v) is 2.85. The van der Waals surface area contributed by atoms with E-state index in [-0.39, 0.29) is 0 Å². The van der Waals surface area contributed by atoms with Crippen molar-refractivity contribution >= 4 is 12.2 Å². The smallest absolute Gasteiger partial charge is 0.247 e. The molecule has 0 bridgehead atoms. The zero-order valence-electron chi connectivity index (χ0n) is 11.7. The van der Waals surface area contributed by atoms with E-state index in [9.17, 15) is 0 Å². The van der Waals surface area contributed by atoms with Crippen molar-refractivity contribution in [3.63, 3.8) is 0 Å². The molecule has 0 spiro atoms. The Morgan fingerprint density at radius 1 is 1.19 bits per heavy atom. The van der Waals surface area contributed by atoms with Crippen molar-refractivity contribution in [2.45, 2.75) is 13.8 Å². The summed E-state index contributed by atoms with van der Waals surface area (Å²) in [6.45, 7) is 3.62. The van der Waals surface area contributed by atoms with Crippen LogP contribution in [0.2, 0.25) is 0 Å². The Morgan fingerprint density at radius 3 is 2.52 bits per heavy atom. The minimum Gasteiger partial charge on any atom is -0.421 e. The van der Waals surface area contributed by atoms with Gasteiger partial charge in [-0.3, -0.25) is 0 Å². The minimum absolute atomic E-state index is 0.363. The van der Waals surface area contributed by atoms with Crippen molar-refractivity contribution in [2.75, 3.05) is 5.73 Å². The number of hydrogen-bond donors (Lipinski definition) is 1. The number of nitrogens with zero attached hydrogens (tertiary/aromatic N) is 5. The quantitative estimate of drug-likeness (QED) is 0.741. The first-order valence-corrected chi connectivity index (χ1v) is 6.38. The number of rotatable bonds is 3. The Morgan fingerprint density at radius 2 is 1.95 bits per heavy atom. The van der Waals surface area contributed by atoms with Crippen molar-refractivity contribution < 1.29 is 4.42 Å². The highest BCUT2D eigenvalue weighted by atomic mass is 16.4. The van der Waals surface area contributed by atoms with Crippen LogP contribution in [-0.4, -0.2) is 26.1 Å². The molecule has 0 aliphatic carbocycles. The fraction of sp³-hybridized carbons (Fsp3) is 0.143. The van der Waals surface area contributed by atoms with Gasteiger partial charge in [-0.05, 0) is 24.6 Å². The molecule has 2 N–H and O–H groups in total. The predicted molar refractivity (Wildman–Crippen MR) is 78.8 cm³/mol. The summed E-state index contributed by atoms with van der Waals surface area (Å²) in [5, 5.41) is 12.0. The first kappa shape index (κ1) is 13.0. The molecule has 2 aromatic heterocycles. The van der Waals surface area contributed by atoms with Gasteiger partial charge in [0.2, 0.25) is 17.7 Å². The van der Waals surface area contributed by atoms with E-state index in [1.165, 1.54) is 4.68 Å². The molecule has 3 aromatic rings. The van der Waals surface area contributed by atoms with Gasteiger partial charge in [0.15, 0.2) is 0 Å². The van der Waals surface area contributed by atoms with E-state index in [1.54, 1.807) is 19.3 Å². The summed E-state index contributed by atoms with van der Waals surface area (Å²) in [4.78, 5) is 4.08. The largest absolute Gasteiger partial charge is 0.421 e. The van der Waals surface area contributed by atoms with Crippen LogP contribution in [0.25, 0.3) is 11.5 Å². The average molecular weight is 282 g/mol. The monoisotopic (exact) mass is 282 g/mol. The predicted octanol–water partition coefficient (Wildman–Crippen LogP) is 2.01. The van der Waals surface area contributed by atoms with E-state index in [2.05, 4.69) is 20.3 Å². The molecule has 0 saturated heterocycles. The van der Waals surface area contributed by atoms with Crippen LogP contribution in [0.3, 0.4) is 0 Å². The van der Waals surface area contributed by atoms with Gasteiger partial charge < -0.3 is 10.2 Å². The molecule has 1 aromatic carbocycles. The van der Waals surface area contributed by atoms with E-state index in [0.29, 0.717) is 17.7 Å². The topological polar surface area (TPSA) is 95.1 Å². The number of nitrogen functional groups attached to an aromatic ring is 1. The molecule has 21 heavy (non-hydrogen) atoms. The van der Waals surface area contributed by atoms with E-state index >= 15 is 0 Å². The van der Waals surface area contributed by atoms with E-state index in [1.807, 2.05) is 31.2 Å². The molecule has 106 valence electrons. The molecule has 0 aliphatic rings. The van der Waals surface area contributed by atoms with Crippen molar-refractivity contribution in [2.24, 2.45) is 5.10 Å². The van der Waals surface area contributed by atoms with Gasteiger partial charge in [0.25, 0.3) is 0 Å². The Labute approximate surface area is 121 Å². The van der Waals surface area contributed by atoms with Crippen LogP contribution >= 0.6 is 0 Å². The van der Waals surface area contributed by atoms with Gasteiger partial charge in [-0.1, -0.05) is 12.1 Å². The number of aromatic nitrogens is 4. The highest BCUT2D eigenvalue weighted by Gasteiger charge is 2.05. The molecule has 0 unspecified atom stereocenters. The first-order chi connectivity index (χ1) is 10.1. The molecular formula is C14H14N6O. The number of benzene rings is 1. The van der Waals surface area contributed by atoms with E-state index in [4.69, 9.17) is 10.2 Å². The SMILES string of the molecule is Cc1cn(N=Cc2ccc(-c3nnc(C)o3)cc2)c(N)n1. The van der Waals surface area contributed by atoms with Crippen molar-refractivity contribution in [1.29, 1.82) is 0 Å². The zero-order valence-corrected chi connectivity index (χ0v) is 11.7. The van der Waals surface area contributed by atoms with Crippen LogP contribution in [0.4, 0.5) is 5.95 Å². The van der Waals surface area contributed by atoms with Gasteiger partial charge in [0.1, 0.15) is 0 Å². The molecular weight excluding hydrogens is 268 g/mol. The second-order valence-electron chi connectivity index (χ2n) is 4.58. The fourth-order valence-electron chi connectivity index (χ4n) is 1.85. The van der Waals surface area contributed by atoms with Crippen molar-refractivity contribution in [1.82, 2.24) is 19.9 Å². The lowest BCUT2D eigenvalue weighted by Crippen LogP contribution is -1.96. The van der Waals surface area contributed by atoms with Crippen LogP contribution in [-0.2, 0) is 0 Å². The van der Waals surface area contributed by atoms with Crippen LogP contribution in [0, 0.1) is 13.8 Å². The summed E-state index contributed by atoms with van der Waals surface area (Å²) >= 11 is 0. The van der Waals surface area contributed by atoms with Crippen molar-refractivity contribution in [3.05, 3.63) is 47.6 Å². The minimum atomic E-state index is 0.363. The molecule has 0 fully saturated rings. The summed E-state index contributed by atoms with van der Waals surface area (Å²) in [5.41, 5.74) is 8.34.